The van der Waals surface area contributed by atoms with E-state index < -0.39 is 0 Å². The molecule has 2 nitrogen and oxygen atoms in total. The third-order valence-electron chi connectivity index (χ3n) is 3.84. The van der Waals surface area contributed by atoms with Gasteiger partial charge in [-0.15, -0.1) is 0 Å². The minimum atomic E-state index is 0.413. The van der Waals surface area contributed by atoms with Crippen molar-refractivity contribution in [3.63, 3.8) is 0 Å². The van der Waals surface area contributed by atoms with Crippen molar-refractivity contribution < 1.29 is 0 Å². The standard InChI is InChI=1S/C15H24N2/c1-11(2)10-15(17-16)14-9-5-7-12-6-3-4-8-13(12)14/h3-4,6,8,11,14-15,17H,5,7,9-10,16H2,1-2H3. The fraction of sp³-hybridized carbons (Fsp3) is 0.600. The van der Waals surface area contributed by atoms with Crippen LogP contribution < -0.4 is 11.3 Å². The van der Waals surface area contributed by atoms with Crippen molar-refractivity contribution >= 4 is 0 Å². The van der Waals surface area contributed by atoms with Gasteiger partial charge in [-0.05, 0) is 42.7 Å². The minimum absolute atomic E-state index is 0.413. The highest BCUT2D eigenvalue weighted by Gasteiger charge is 2.27. The number of nitrogens with one attached hydrogen (secondary N) is 1. The van der Waals surface area contributed by atoms with Crippen LogP contribution >= 0.6 is 0 Å². The summed E-state index contributed by atoms with van der Waals surface area (Å²) in [5.74, 6) is 7.03. The second kappa shape index (κ2) is 5.65. The van der Waals surface area contributed by atoms with Gasteiger partial charge in [0.05, 0.1) is 0 Å². The number of hydrogen-bond donors (Lipinski definition) is 2. The molecule has 0 saturated heterocycles. The SMILES string of the molecule is CC(C)CC(NN)C1CCCc2ccccc21. The summed E-state index contributed by atoms with van der Waals surface area (Å²) in [7, 11) is 0. The number of rotatable bonds is 4. The van der Waals surface area contributed by atoms with Gasteiger partial charge < -0.3 is 0 Å². The summed E-state index contributed by atoms with van der Waals surface area (Å²) in [6.45, 7) is 4.53. The van der Waals surface area contributed by atoms with E-state index in [-0.39, 0.29) is 0 Å². The van der Waals surface area contributed by atoms with Crippen LogP contribution in [0.1, 0.15) is 50.2 Å². The van der Waals surface area contributed by atoms with E-state index in [4.69, 9.17) is 5.84 Å². The zero-order chi connectivity index (χ0) is 12.3. The quantitative estimate of drug-likeness (QED) is 0.618. The lowest BCUT2D eigenvalue weighted by Crippen LogP contribution is -2.41. The van der Waals surface area contributed by atoms with Gasteiger partial charge in [-0.2, -0.15) is 0 Å². The average Bonchev–Trinajstić information content (AvgIpc) is 2.35. The average molecular weight is 232 g/mol. The summed E-state index contributed by atoms with van der Waals surface area (Å²) >= 11 is 0. The Labute approximate surface area is 105 Å². The molecule has 2 unspecified atom stereocenters. The molecule has 2 rings (SSSR count). The molecule has 94 valence electrons. The normalized spacial score (nSPS) is 21.3. The molecule has 0 amide bonds. The molecule has 2 heteroatoms. The van der Waals surface area contributed by atoms with E-state index in [1.807, 2.05) is 0 Å². The van der Waals surface area contributed by atoms with Crippen molar-refractivity contribution in [3.05, 3.63) is 35.4 Å². The van der Waals surface area contributed by atoms with Crippen LogP contribution in [-0.4, -0.2) is 6.04 Å². The minimum Gasteiger partial charge on any atom is -0.271 e. The molecule has 0 radical (unpaired) electrons. The van der Waals surface area contributed by atoms with E-state index >= 15 is 0 Å². The third-order valence-corrected chi connectivity index (χ3v) is 3.84. The second-order valence-electron chi connectivity index (χ2n) is 5.60. The smallest absolute Gasteiger partial charge is 0.0281 e. The number of hydrogen-bond acceptors (Lipinski definition) is 2. The molecule has 1 aromatic carbocycles. The first kappa shape index (κ1) is 12.6. The van der Waals surface area contributed by atoms with Crippen LogP contribution in [0.4, 0.5) is 0 Å². The maximum Gasteiger partial charge on any atom is 0.0281 e. The van der Waals surface area contributed by atoms with E-state index in [0.29, 0.717) is 17.9 Å². The summed E-state index contributed by atoms with van der Waals surface area (Å²) < 4.78 is 0. The maximum absolute atomic E-state index is 5.76. The summed E-state index contributed by atoms with van der Waals surface area (Å²) in [6, 6.07) is 9.26. The maximum atomic E-state index is 5.76. The lowest BCUT2D eigenvalue weighted by atomic mass is 9.77. The molecule has 1 aromatic rings. The topological polar surface area (TPSA) is 38.0 Å². The molecule has 1 aliphatic carbocycles. The molecular weight excluding hydrogens is 208 g/mol. The van der Waals surface area contributed by atoms with Crippen molar-refractivity contribution in [2.45, 2.75) is 51.5 Å². The molecule has 2 atom stereocenters. The summed E-state index contributed by atoms with van der Waals surface area (Å²) in [5, 5.41) is 0. The van der Waals surface area contributed by atoms with Gasteiger partial charge in [0.2, 0.25) is 0 Å². The lowest BCUT2D eigenvalue weighted by Gasteiger charge is -2.33. The van der Waals surface area contributed by atoms with Gasteiger partial charge in [0.1, 0.15) is 0 Å². The Morgan fingerprint density at radius 3 is 2.82 bits per heavy atom. The molecule has 0 aliphatic heterocycles. The molecule has 0 saturated carbocycles. The molecule has 0 heterocycles. The van der Waals surface area contributed by atoms with Crippen LogP contribution in [0.2, 0.25) is 0 Å². The predicted octanol–water partition coefficient (Wildman–Crippen LogP) is 2.98. The van der Waals surface area contributed by atoms with Gasteiger partial charge in [-0.3, -0.25) is 11.3 Å². The molecular formula is C15H24N2. The van der Waals surface area contributed by atoms with Gasteiger partial charge in [0.25, 0.3) is 0 Å². The van der Waals surface area contributed by atoms with E-state index in [9.17, 15) is 0 Å². The van der Waals surface area contributed by atoms with Crippen LogP contribution in [-0.2, 0) is 6.42 Å². The van der Waals surface area contributed by atoms with Crippen LogP contribution in [0, 0.1) is 5.92 Å². The molecule has 0 aromatic heterocycles. The first-order valence-electron chi connectivity index (χ1n) is 6.76. The van der Waals surface area contributed by atoms with Gasteiger partial charge in [-0.1, -0.05) is 38.1 Å². The Balaban J connectivity index is 2.21. The number of aryl methyl sites for hydroxylation is 1. The zero-order valence-corrected chi connectivity index (χ0v) is 10.9. The van der Waals surface area contributed by atoms with Gasteiger partial charge in [0.15, 0.2) is 0 Å². The highest BCUT2D eigenvalue weighted by Crippen LogP contribution is 2.35. The Morgan fingerprint density at radius 2 is 2.12 bits per heavy atom. The Kier molecular flexibility index (Phi) is 4.19. The first-order chi connectivity index (χ1) is 8.22. The van der Waals surface area contributed by atoms with Crippen LogP contribution in [0.15, 0.2) is 24.3 Å². The third kappa shape index (κ3) is 2.88. The zero-order valence-electron chi connectivity index (χ0n) is 10.9. The summed E-state index contributed by atoms with van der Waals surface area (Å²) in [4.78, 5) is 0. The monoisotopic (exact) mass is 232 g/mol. The number of hydrazine groups is 1. The van der Waals surface area contributed by atoms with E-state index in [1.165, 1.54) is 30.4 Å². The number of benzene rings is 1. The lowest BCUT2D eigenvalue weighted by molar-refractivity contribution is 0.342. The van der Waals surface area contributed by atoms with Crippen LogP contribution in [0.3, 0.4) is 0 Å². The van der Waals surface area contributed by atoms with Crippen molar-refractivity contribution in [1.82, 2.24) is 5.43 Å². The largest absolute Gasteiger partial charge is 0.271 e. The molecule has 1 aliphatic rings. The van der Waals surface area contributed by atoms with E-state index in [2.05, 4.69) is 43.5 Å². The molecule has 17 heavy (non-hydrogen) atoms. The van der Waals surface area contributed by atoms with Crippen molar-refractivity contribution in [3.8, 4) is 0 Å². The second-order valence-corrected chi connectivity index (χ2v) is 5.60. The summed E-state index contributed by atoms with van der Waals surface area (Å²) in [6.07, 6.45) is 4.93. The Morgan fingerprint density at radius 1 is 1.35 bits per heavy atom. The van der Waals surface area contributed by atoms with Crippen molar-refractivity contribution in [1.29, 1.82) is 0 Å². The number of fused-ring (bicyclic) bond motifs is 1. The highest BCUT2D eigenvalue weighted by atomic mass is 15.2. The van der Waals surface area contributed by atoms with Gasteiger partial charge >= 0.3 is 0 Å². The predicted molar refractivity (Wildman–Crippen MR) is 72.7 cm³/mol. The Bertz CT molecular complexity index is 360. The highest BCUT2D eigenvalue weighted by molar-refractivity contribution is 5.33. The first-order valence-corrected chi connectivity index (χ1v) is 6.76. The fourth-order valence-corrected chi connectivity index (χ4v) is 3.07. The molecule has 0 fully saturated rings. The van der Waals surface area contributed by atoms with Crippen LogP contribution in [0.25, 0.3) is 0 Å². The van der Waals surface area contributed by atoms with Gasteiger partial charge in [-0.25, -0.2) is 0 Å². The van der Waals surface area contributed by atoms with E-state index in [0.717, 1.165) is 6.42 Å². The van der Waals surface area contributed by atoms with Crippen molar-refractivity contribution in [2.24, 2.45) is 11.8 Å². The summed E-state index contributed by atoms with van der Waals surface area (Å²) in [5.41, 5.74) is 6.08. The Hall–Kier alpha value is -0.860. The number of nitrogens with two attached hydrogens (primary N) is 1. The fourth-order valence-electron chi connectivity index (χ4n) is 3.07. The molecule has 3 N–H and O–H groups in total. The molecule has 0 spiro atoms. The van der Waals surface area contributed by atoms with E-state index in [1.54, 1.807) is 0 Å². The van der Waals surface area contributed by atoms with Crippen molar-refractivity contribution in [2.75, 3.05) is 0 Å². The van der Waals surface area contributed by atoms with Gasteiger partial charge in [0, 0.05) is 12.0 Å². The van der Waals surface area contributed by atoms with Crippen LogP contribution in [0.5, 0.6) is 0 Å². The molecule has 0 bridgehead atoms.